The fourth-order valence-electron chi connectivity index (χ4n) is 2.13. The second-order valence-corrected chi connectivity index (χ2v) is 5.24. The number of amides is 1. The van der Waals surface area contributed by atoms with Crippen molar-refractivity contribution < 1.29 is 4.79 Å². The van der Waals surface area contributed by atoms with Crippen LogP contribution in [0.5, 0.6) is 0 Å². The molecule has 0 radical (unpaired) electrons. The zero-order chi connectivity index (χ0) is 11.8. The third kappa shape index (κ3) is 6.11. The number of hydrogen-bond acceptors (Lipinski definition) is 2. The highest BCUT2D eigenvalue weighted by molar-refractivity contribution is 5.76. The number of carbonyl (C=O) groups excluding carboxylic acids is 1. The van der Waals surface area contributed by atoms with Crippen molar-refractivity contribution >= 4 is 5.91 Å². The topological polar surface area (TPSA) is 41.1 Å². The second kappa shape index (κ2) is 7.66. The van der Waals surface area contributed by atoms with Crippen LogP contribution in [-0.2, 0) is 4.79 Å². The van der Waals surface area contributed by atoms with Crippen molar-refractivity contribution in [2.75, 3.05) is 13.1 Å². The molecule has 1 saturated heterocycles. The van der Waals surface area contributed by atoms with Crippen LogP contribution in [0.2, 0.25) is 0 Å². The van der Waals surface area contributed by atoms with Crippen LogP contribution in [0.15, 0.2) is 0 Å². The maximum absolute atomic E-state index is 11.3. The largest absolute Gasteiger partial charge is 0.356 e. The van der Waals surface area contributed by atoms with Gasteiger partial charge < -0.3 is 10.6 Å². The minimum Gasteiger partial charge on any atom is -0.356 e. The number of carbonyl (C=O) groups is 1. The number of rotatable bonds is 6. The predicted molar refractivity (Wildman–Crippen MR) is 67.3 cm³/mol. The highest BCUT2D eigenvalue weighted by Gasteiger charge is 2.15. The summed E-state index contributed by atoms with van der Waals surface area (Å²) in [5, 5.41) is 6.42. The first-order valence-electron chi connectivity index (χ1n) is 6.68. The van der Waals surface area contributed by atoms with E-state index in [1.165, 1.54) is 19.3 Å². The van der Waals surface area contributed by atoms with Gasteiger partial charge in [0.05, 0.1) is 0 Å². The van der Waals surface area contributed by atoms with E-state index in [4.69, 9.17) is 0 Å². The Kier molecular flexibility index (Phi) is 6.46. The van der Waals surface area contributed by atoms with Crippen LogP contribution >= 0.6 is 0 Å². The molecule has 0 aromatic heterocycles. The quantitative estimate of drug-likeness (QED) is 0.681. The summed E-state index contributed by atoms with van der Waals surface area (Å²) in [6.45, 7) is 6.45. The fourth-order valence-corrected chi connectivity index (χ4v) is 2.13. The zero-order valence-electron chi connectivity index (χ0n) is 10.7. The SMILES string of the molecule is CC(C)CCCCNC1CCCNC(=O)C1. The Morgan fingerprint density at radius 1 is 1.44 bits per heavy atom. The van der Waals surface area contributed by atoms with Gasteiger partial charge in [-0.15, -0.1) is 0 Å². The highest BCUT2D eigenvalue weighted by atomic mass is 16.1. The molecule has 0 spiro atoms. The number of unbranched alkanes of at least 4 members (excludes halogenated alkanes) is 1. The van der Waals surface area contributed by atoms with E-state index in [0.717, 1.165) is 31.8 Å². The van der Waals surface area contributed by atoms with Gasteiger partial charge in [0, 0.05) is 19.0 Å². The van der Waals surface area contributed by atoms with Crippen molar-refractivity contribution in [2.24, 2.45) is 5.92 Å². The van der Waals surface area contributed by atoms with E-state index in [9.17, 15) is 4.79 Å². The van der Waals surface area contributed by atoms with E-state index in [0.29, 0.717) is 12.5 Å². The molecule has 1 fully saturated rings. The van der Waals surface area contributed by atoms with Crippen molar-refractivity contribution in [1.82, 2.24) is 10.6 Å². The molecule has 0 bridgehead atoms. The minimum absolute atomic E-state index is 0.206. The molecule has 0 saturated carbocycles. The van der Waals surface area contributed by atoms with Crippen molar-refractivity contribution in [3.05, 3.63) is 0 Å². The molecule has 1 aliphatic heterocycles. The summed E-state index contributed by atoms with van der Waals surface area (Å²) in [6, 6.07) is 0.404. The van der Waals surface area contributed by atoms with Gasteiger partial charge in [-0.1, -0.05) is 26.7 Å². The molecule has 0 aromatic carbocycles. The molecule has 0 aromatic rings. The maximum atomic E-state index is 11.3. The van der Waals surface area contributed by atoms with Gasteiger partial charge in [-0.2, -0.15) is 0 Å². The first kappa shape index (κ1) is 13.5. The van der Waals surface area contributed by atoms with Gasteiger partial charge in [-0.05, 0) is 31.7 Å². The van der Waals surface area contributed by atoms with Crippen LogP contribution in [-0.4, -0.2) is 25.0 Å². The van der Waals surface area contributed by atoms with Gasteiger partial charge in [0.25, 0.3) is 0 Å². The Morgan fingerprint density at radius 3 is 3.00 bits per heavy atom. The van der Waals surface area contributed by atoms with E-state index < -0.39 is 0 Å². The van der Waals surface area contributed by atoms with Gasteiger partial charge >= 0.3 is 0 Å². The molecule has 1 unspecified atom stereocenters. The monoisotopic (exact) mass is 226 g/mol. The molecule has 94 valence electrons. The molecule has 3 heteroatoms. The summed E-state index contributed by atoms with van der Waals surface area (Å²) < 4.78 is 0. The van der Waals surface area contributed by atoms with Gasteiger partial charge in [0.2, 0.25) is 5.91 Å². The Bertz CT molecular complexity index is 204. The maximum Gasteiger partial charge on any atom is 0.221 e. The fraction of sp³-hybridized carbons (Fsp3) is 0.923. The van der Waals surface area contributed by atoms with E-state index in [1.54, 1.807) is 0 Å². The molecule has 1 amide bonds. The molecule has 1 atom stereocenters. The van der Waals surface area contributed by atoms with Crippen molar-refractivity contribution in [2.45, 2.75) is 58.4 Å². The van der Waals surface area contributed by atoms with Gasteiger partial charge in [-0.3, -0.25) is 4.79 Å². The summed E-state index contributed by atoms with van der Waals surface area (Å²) in [4.78, 5) is 11.3. The molecule has 1 aliphatic rings. The van der Waals surface area contributed by atoms with Crippen molar-refractivity contribution in [1.29, 1.82) is 0 Å². The predicted octanol–water partition coefficient (Wildman–Crippen LogP) is 2.07. The molecular weight excluding hydrogens is 200 g/mol. The van der Waals surface area contributed by atoms with E-state index in [2.05, 4.69) is 24.5 Å². The summed E-state index contributed by atoms with van der Waals surface area (Å²) in [6.07, 6.45) is 6.73. The minimum atomic E-state index is 0.206. The van der Waals surface area contributed by atoms with Crippen LogP contribution in [0.4, 0.5) is 0 Å². The summed E-state index contributed by atoms with van der Waals surface area (Å²) >= 11 is 0. The first-order chi connectivity index (χ1) is 7.68. The third-order valence-corrected chi connectivity index (χ3v) is 3.12. The zero-order valence-corrected chi connectivity index (χ0v) is 10.7. The average Bonchev–Trinajstić information content (AvgIpc) is 2.42. The Hall–Kier alpha value is -0.570. The summed E-state index contributed by atoms with van der Waals surface area (Å²) in [7, 11) is 0. The second-order valence-electron chi connectivity index (χ2n) is 5.24. The lowest BCUT2D eigenvalue weighted by Gasteiger charge is -2.15. The third-order valence-electron chi connectivity index (χ3n) is 3.12. The smallest absolute Gasteiger partial charge is 0.221 e. The normalized spacial score (nSPS) is 21.9. The van der Waals surface area contributed by atoms with Gasteiger partial charge in [-0.25, -0.2) is 0 Å². The van der Waals surface area contributed by atoms with Gasteiger partial charge in [0.15, 0.2) is 0 Å². The summed E-state index contributed by atoms with van der Waals surface area (Å²) in [5.41, 5.74) is 0. The van der Waals surface area contributed by atoms with Crippen LogP contribution in [0.25, 0.3) is 0 Å². The van der Waals surface area contributed by atoms with Crippen molar-refractivity contribution in [3.63, 3.8) is 0 Å². The molecule has 16 heavy (non-hydrogen) atoms. The molecule has 0 aliphatic carbocycles. The average molecular weight is 226 g/mol. The highest BCUT2D eigenvalue weighted by Crippen LogP contribution is 2.08. The summed E-state index contributed by atoms with van der Waals surface area (Å²) in [5.74, 6) is 1.01. The first-order valence-corrected chi connectivity index (χ1v) is 6.68. The van der Waals surface area contributed by atoms with Crippen LogP contribution < -0.4 is 10.6 Å². The van der Waals surface area contributed by atoms with Crippen LogP contribution in [0, 0.1) is 5.92 Å². The number of nitrogens with one attached hydrogen (secondary N) is 2. The van der Waals surface area contributed by atoms with E-state index in [-0.39, 0.29) is 5.91 Å². The molecular formula is C13H26N2O. The Morgan fingerprint density at radius 2 is 2.25 bits per heavy atom. The lowest BCUT2D eigenvalue weighted by molar-refractivity contribution is -0.121. The van der Waals surface area contributed by atoms with Gasteiger partial charge in [0.1, 0.15) is 0 Å². The lowest BCUT2D eigenvalue weighted by atomic mass is 10.1. The lowest BCUT2D eigenvalue weighted by Crippen LogP contribution is -2.33. The van der Waals surface area contributed by atoms with Crippen LogP contribution in [0.1, 0.15) is 52.4 Å². The molecule has 3 nitrogen and oxygen atoms in total. The molecule has 1 rings (SSSR count). The Labute approximate surface area is 99.4 Å². The standard InChI is InChI=1S/C13H26N2O/c1-11(2)6-3-4-8-14-12-7-5-9-15-13(16)10-12/h11-12,14H,3-10H2,1-2H3,(H,15,16). The Balaban J connectivity index is 2.05. The van der Waals surface area contributed by atoms with Crippen LogP contribution in [0.3, 0.4) is 0 Å². The van der Waals surface area contributed by atoms with E-state index >= 15 is 0 Å². The molecule has 2 N–H and O–H groups in total. The van der Waals surface area contributed by atoms with E-state index in [1.807, 2.05) is 0 Å². The van der Waals surface area contributed by atoms with Crippen molar-refractivity contribution in [3.8, 4) is 0 Å². The number of hydrogen-bond donors (Lipinski definition) is 2. The molecule has 1 heterocycles.